The molecule has 2 rings (SSSR count). The SMILES string of the molecule is COc1cc(C(=O)N[C@@H]2CC[C@H](C(=O)O)C2)ccc1Cl. The zero-order valence-corrected chi connectivity index (χ0v) is 11.8. The van der Waals surface area contributed by atoms with Gasteiger partial charge in [0.15, 0.2) is 0 Å². The number of ether oxygens (including phenoxy) is 1. The van der Waals surface area contributed by atoms with Crippen LogP contribution in [-0.4, -0.2) is 30.1 Å². The first-order chi connectivity index (χ1) is 9.51. The second-order valence-electron chi connectivity index (χ2n) is 4.87. The molecule has 6 heteroatoms. The predicted octanol–water partition coefficient (Wildman–Crippen LogP) is 2.33. The summed E-state index contributed by atoms with van der Waals surface area (Å²) in [5.74, 6) is -0.958. The molecule has 0 heterocycles. The normalized spacial score (nSPS) is 21.5. The summed E-state index contributed by atoms with van der Waals surface area (Å²) < 4.78 is 5.06. The number of benzene rings is 1. The van der Waals surface area contributed by atoms with Crippen LogP contribution in [0.15, 0.2) is 18.2 Å². The lowest BCUT2D eigenvalue weighted by molar-refractivity contribution is -0.141. The van der Waals surface area contributed by atoms with Gasteiger partial charge in [0.05, 0.1) is 18.1 Å². The van der Waals surface area contributed by atoms with Gasteiger partial charge in [0.1, 0.15) is 5.75 Å². The van der Waals surface area contributed by atoms with Crippen LogP contribution in [0.4, 0.5) is 0 Å². The van der Waals surface area contributed by atoms with Crippen molar-refractivity contribution in [2.75, 3.05) is 7.11 Å². The van der Waals surface area contributed by atoms with Crippen molar-refractivity contribution in [1.82, 2.24) is 5.32 Å². The summed E-state index contributed by atoms with van der Waals surface area (Å²) in [7, 11) is 1.48. The van der Waals surface area contributed by atoms with E-state index < -0.39 is 5.97 Å². The predicted molar refractivity (Wildman–Crippen MR) is 74.2 cm³/mol. The Labute approximate surface area is 121 Å². The van der Waals surface area contributed by atoms with Crippen molar-refractivity contribution in [3.05, 3.63) is 28.8 Å². The monoisotopic (exact) mass is 297 g/mol. The van der Waals surface area contributed by atoms with Crippen LogP contribution in [0.5, 0.6) is 5.75 Å². The molecule has 0 spiro atoms. The van der Waals surface area contributed by atoms with Gasteiger partial charge < -0.3 is 15.2 Å². The minimum atomic E-state index is -0.796. The number of carboxylic acids is 1. The number of aliphatic carboxylic acids is 1. The molecule has 20 heavy (non-hydrogen) atoms. The standard InChI is InChI=1S/C14H16ClNO4/c1-20-12-7-8(3-5-11(12)15)13(17)16-10-4-2-9(6-10)14(18)19/h3,5,7,9-10H,2,4,6H2,1H3,(H,16,17)(H,18,19)/t9-,10+/m0/s1. The molecule has 2 N–H and O–H groups in total. The fourth-order valence-electron chi connectivity index (χ4n) is 2.41. The molecule has 1 aromatic rings. The van der Waals surface area contributed by atoms with E-state index in [-0.39, 0.29) is 17.9 Å². The number of carbonyl (C=O) groups excluding carboxylic acids is 1. The van der Waals surface area contributed by atoms with Crippen LogP contribution < -0.4 is 10.1 Å². The Balaban J connectivity index is 2.00. The molecule has 0 radical (unpaired) electrons. The number of amides is 1. The van der Waals surface area contributed by atoms with Gasteiger partial charge in [0, 0.05) is 11.6 Å². The molecule has 1 saturated carbocycles. The van der Waals surface area contributed by atoms with Gasteiger partial charge in [-0.25, -0.2) is 0 Å². The number of nitrogens with one attached hydrogen (secondary N) is 1. The largest absolute Gasteiger partial charge is 0.495 e. The van der Waals surface area contributed by atoms with Crippen LogP contribution in [0.25, 0.3) is 0 Å². The third-order valence-corrected chi connectivity index (χ3v) is 3.84. The van der Waals surface area contributed by atoms with E-state index in [9.17, 15) is 9.59 Å². The summed E-state index contributed by atoms with van der Waals surface area (Å²) in [6.45, 7) is 0. The molecule has 0 aliphatic heterocycles. The Morgan fingerprint density at radius 1 is 1.40 bits per heavy atom. The summed E-state index contributed by atoms with van der Waals surface area (Å²) in [6, 6.07) is 4.69. The van der Waals surface area contributed by atoms with Gasteiger partial charge in [-0.15, -0.1) is 0 Å². The first-order valence-corrected chi connectivity index (χ1v) is 6.76. The lowest BCUT2D eigenvalue weighted by atomic mass is 10.1. The van der Waals surface area contributed by atoms with E-state index >= 15 is 0 Å². The lowest BCUT2D eigenvalue weighted by Gasteiger charge is -2.13. The van der Waals surface area contributed by atoms with Crippen molar-refractivity contribution in [1.29, 1.82) is 0 Å². The van der Waals surface area contributed by atoms with Gasteiger partial charge in [-0.2, -0.15) is 0 Å². The Kier molecular flexibility index (Phi) is 4.49. The van der Waals surface area contributed by atoms with E-state index in [4.69, 9.17) is 21.4 Å². The molecule has 0 unspecified atom stereocenters. The second-order valence-corrected chi connectivity index (χ2v) is 5.28. The number of methoxy groups -OCH3 is 1. The summed E-state index contributed by atoms with van der Waals surface area (Å²) in [5.41, 5.74) is 0.449. The van der Waals surface area contributed by atoms with Crippen LogP contribution in [0.3, 0.4) is 0 Å². The maximum absolute atomic E-state index is 12.1. The van der Waals surface area contributed by atoms with Crippen molar-refractivity contribution in [3.8, 4) is 5.75 Å². The quantitative estimate of drug-likeness (QED) is 0.894. The lowest BCUT2D eigenvalue weighted by Crippen LogP contribution is -2.33. The smallest absolute Gasteiger partial charge is 0.306 e. The number of hydrogen-bond acceptors (Lipinski definition) is 3. The van der Waals surface area contributed by atoms with Crippen molar-refractivity contribution in [2.45, 2.75) is 25.3 Å². The van der Waals surface area contributed by atoms with E-state index in [1.54, 1.807) is 18.2 Å². The molecule has 5 nitrogen and oxygen atoms in total. The molecule has 1 aromatic carbocycles. The molecule has 1 aliphatic carbocycles. The van der Waals surface area contributed by atoms with Gasteiger partial charge in [-0.05, 0) is 37.5 Å². The summed E-state index contributed by atoms with van der Waals surface area (Å²) >= 11 is 5.90. The Hall–Kier alpha value is -1.75. The zero-order chi connectivity index (χ0) is 14.7. The second kappa shape index (κ2) is 6.13. The first-order valence-electron chi connectivity index (χ1n) is 6.38. The highest BCUT2D eigenvalue weighted by atomic mass is 35.5. The van der Waals surface area contributed by atoms with Crippen molar-refractivity contribution >= 4 is 23.5 Å². The minimum Gasteiger partial charge on any atom is -0.495 e. The third-order valence-electron chi connectivity index (χ3n) is 3.53. The minimum absolute atomic E-state index is 0.0923. The van der Waals surface area contributed by atoms with Gasteiger partial charge in [0.2, 0.25) is 0 Å². The highest BCUT2D eigenvalue weighted by Crippen LogP contribution is 2.27. The molecular weight excluding hydrogens is 282 g/mol. The molecule has 1 amide bonds. The van der Waals surface area contributed by atoms with Crippen molar-refractivity contribution in [3.63, 3.8) is 0 Å². The van der Waals surface area contributed by atoms with E-state index in [1.165, 1.54) is 7.11 Å². The number of halogens is 1. The number of carboxylic acid groups (broad SMARTS) is 1. The Morgan fingerprint density at radius 2 is 2.15 bits per heavy atom. The van der Waals surface area contributed by atoms with E-state index in [0.717, 1.165) is 0 Å². The van der Waals surface area contributed by atoms with E-state index in [0.29, 0.717) is 35.6 Å². The molecule has 0 bridgehead atoms. The van der Waals surface area contributed by atoms with Gasteiger partial charge in [-0.1, -0.05) is 11.6 Å². The summed E-state index contributed by atoms with van der Waals surface area (Å²) in [6.07, 6.45) is 1.77. The molecule has 1 fully saturated rings. The maximum atomic E-state index is 12.1. The average Bonchev–Trinajstić information content (AvgIpc) is 2.88. The number of carbonyl (C=O) groups is 2. The van der Waals surface area contributed by atoms with E-state index in [2.05, 4.69) is 5.32 Å². The molecular formula is C14H16ClNO4. The van der Waals surface area contributed by atoms with Crippen molar-refractivity contribution < 1.29 is 19.4 Å². The highest BCUT2D eigenvalue weighted by Gasteiger charge is 2.30. The number of rotatable bonds is 4. The first kappa shape index (κ1) is 14.7. The molecule has 0 saturated heterocycles. The fourth-order valence-corrected chi connectivity index (χ4v) is 2.60. The summed E-state index contributed by atoms with van der Waals surface area (Å²) in [4.78, 5) is 23.0. The molecule has 1 aliphatic rings. The van der Waals surface area contributed by atoms with Crippen LogP contribution in [-0.2, 0) is 4.79 Å². The number of hydrogen-bond donors (Lipinski definition) is 2. The van der Waals surface area contributed by atoms with Crippen molar-refractivity contribution in [2.24, 2.45) is 5.92 Å². The third kappa shape index (κ3) is 3.22. The molecule has 108 valence electrons. The van der Waals surface area contributed by atoms with Gasteiger partial charge in [-0.3, -0.25) is 9.59 Å². The van der Waals surface area contributed by atoms with Crippen LogP contribution >= 0.6 is 11.6 Å². The topological polar surface area (TPSA) is 75.6 Å². The summed E-state index contributed by atoms with van der Waals surface area (Å²) in [5, 5.41) is 12.2. The Bertz CT molecular complexity index is 532. The fraction of sp³-hybridized carbons (Fsp3) is 0.429. The van der Waals surface area contributed by atoms with Gasteiger partial charge >= 0.3 is 5.97 Å². The highest BCUT2D eigenvalue weighted by molar-refractivity contribution is 6.32. The van der Waals surface area contributed by atoms with Crippen LogP contribution in [0.1, 0.15) is 29.6 Å². The maximum Gasteiger partial charge on any atom is 0.306 e. The van der Waals surface area contributed by atoms with Crippen LogP contribution in [0, 0.1) is 5.92 Å². The Morgan fingerprint density at radius 3 is 2.75 bits per heavy atom. The van der Waals surface area contributed by atoms with Crippen LogP contribution in [0.2, 0.25) is 5.02 Å². The van der Waals surface area contributed by atoms with Gasteiger partial charge in [0.25, 0.3) is 5.91 Å². The molecule has 2 atom stereocenters. The zero-order valence-electron chi connectivity index (χ0n) is 11.1. The molecule has 0 aromatic heterocycles. The average molecular weight is 298 g/mol. The van der Waals surface area contributed by atoms with E-state index in [1.807, 2.05) is 0 Å².